The lowest BCUT2D eigenvalue weighted by molar-refractivity contribution is -0.268. The number of fused-ring (bicyclic) bond motifs is 1. The summed E-state index contributed by atoms with van der Waals surface area (Å²) in [5.41, 5.74) is 1.85. The normalized spacial score (nSPS) is 20.6. The van der Waals surface area contributed by atoms with Gasteiger partial charge in [0.25, 0.3) is 0 Å². The summed E-state index contributed by atoms with van der Waals surface area (Å²) in [4.78, 5) is 1.22. The number of methoxy groups -OCH3 is 2. The van der Waals surface area contributed by atoms with Crippen LogP contribution in [0.5, 0.6) is 11.5 Å². The average molecular weight is 731 g/mol. The Labute approximate surface area is 310 Å². The van der Waals surface area contributed by atoms with Gasteiger partial charge in [-0.25, -0.2) is 0 Å². The molecule has 3 aromatic rings. The third-order valence-electron chi connectivity index (χ3n) is 8.99. The van der Waals surface area contributed by atoms with E-state index in [-0.39, 0.29) is 31.9 Å². The fourth-order valence-electron chi connectivity index (χ4n) is 6.21. The maximum absolute atomic E-state index is 7.13. The van der Waals surface area contributed by atoms with E-state index in [2.05, 4.69) is 64.1 Å². The first-order valence-electron chi connectivity index (χ1n) is 19.0. The van der Waals surface area contributed by atoms with Crippen LogP contribution >= 0.6 is 11.3 Å². The van der Waals surface area contributed by atoms with Gasteiger partial charge in [-0.3, -0.25) is 0 Å². The minimum atomic E-state index is -0.538. The number of benzene rings is 2. The Balaban J connectivity index is 1.83. The molecule has 2 aromatic carbocycles. The Bertz CT molecular complexity index is 1350. The molecule has 0 aliphatic carbocycles. The Morgan fingerprint density at radius 2 is 1.27 bits per heavy atom. The molecule has 0 saturated carbocycles. The smallest absolute Gasteiger partial charge is 0.188 e. The molecule has 9 nitrogen and oxygen atoms in total. The summed E-state index contributed by atoms with van der Waals surface area (Å²) in [5, 5.41) is 1.23. The van der Waals surface area contributed by atoms with E-state index in [0.717, 1.165) is 62.5 Å². The number of unbranched alkanes of at least 4 members (excludes halogenated alkanes) is 4. The van der Waals surface area contributed by atoms with Crippen molar-refractivity contribution in [3.63, 3.8) is 0 Å². The molecule has 0 amide bonds. The molecule has 4 rings (SSSR count). The second kappa shape index (κ2) is 23.4. The lowest BCUT2D eigenvalue weighted by Crippen LogP contribution is -2.58. The molecule has 2 heterocycles. The molecular weight excluding hydrogens is 669 g/mol. The summed E-state index contributed by atoms with van der Waals surface area (Å²) in [6, 6.07) is 14.8. The highest BCUT2D eigenvalue weighted by Gasteiger charge is 2.49. The minimum Gasteiger partial charge on any atom is -0.467 e. The van der Waals surface area contributed by atoms with Crippen molar-refractivity contribution in [1.82, 2.24) is 0 Å². The molecule has 0 radical (unpaired) electrons. The van der Waals surface area contributed by atoms with Crippen LogP contribution in [-0.2, 0) is 39.6 Å². The van der Waals surface area contributed by atoms with Crippen LogP contribution in [0.4, 0.5) is 0 Å². The van der Waals surface area contributed by atoms with Gasteiger partial charge in [-0.15, -0.1) is 11.3 Å². The van der Waals surface area contributed by atoms with Crippen molar-refractivity contribution < 1.29 is 42.6 Å². The summed E-state index contributed by atoms with van der Waals surface area (Å²) in [6.45, 7) is 11.7. The molecule has 0 unspecified atom stereocenters. The number of hydrogen-bond donors (Lipinski definition) is 0. The van der Waals surface area contributed by atoms with Crippen molar-refractivity contribution in [2.45, 2.75) is 116 Å². The zero-order chi connectivity index (χ0) is 36.3. The van der Waals surface area contributed by atoms with Gasteiger partial charge in [-0.1, -0.05) is 71.6 Å². The second-order valence-electron chi connectivity index (χ2n) is 13.1. The average Bonchev–Trinajstić information content (AvgIpc) is 3.56. The van der Waals surface area contributed by atoms with Gasteiger partial charge >= 0.3 is 0 Å². The summed E-state index contributed by atoms with van der Waals surface area (Å²) >= 11 is 1.79. The van der Waals surface area contributed by atoms with Gasteiger partial charge in [-0.2, -0.15) is 0 Å². The van der Waals surface area contributed by atoms with E-state index >= 15 is 0 Å². The molecule has 1 fully saturated rings. The SMILES string of the molecule is CCCCOC[C@H]1O[C@@H](c2cc(Cc3cc4ccccc4s3)c(OCOC)cc2OCOC)[C@H](OCCCC)[C@@H](OCCCC)[C@@H]1OCCCC. The van der Waals surface area contributed by atoms with Crippen LogP contribution in [0.1, 0.15) is 101 Å². The maximum Gasteiger partial charge on any atom is 0.188 e. The van der Waals surface area contributed by atoms with E-state index in [0.29, 0.717) is 51.0 Å². The predicted molar refractivity (Wildman–Crippen MR) is 203 cm³/mol. The number of rotatable bonds is 26. The first-order chi connectivity index (χ1) is 25.1. The molecule has 1 aromatic heterocycles. The van der Waals surface area contributed by atoms with Gasteiger partial charge in [0.2, 0.25) is 0 Å². The van der Waals surface area contributed by atoms with Crippen LogP contribution < -0.4 is 9.47 Å². The Kier molecular flexibility index (Phi) is 19.0. The van der Waals surface area contributed by atoms with Gasteiger partial charge in [0.15, 0.2) is 13.6 Å². The van der Waals surface area contributed by atoms with Crippen LogP contribution in [0.15, 0.2) is 42.5 Å². The van der Waals surface area contributed by atoms with Crippen molar-refractivity contribution >= 4 is 21.4 Å². The van der Waals surface area contributed by atoms with Gasteiger partial charge in [0, 0.05) is 73.8 Å². The second-order valence-corrected chi connectivity index (χ2v) is 14.3. The standard InChI is InChI=1S/C41H62O9S/c1-7-11-19-44-27-36-39(45-20-12-8-2)41(47-22-14-10-4)40(46-21-13-9-3)38(50-36)33-25-31(24-32-23-30-17-15-16-18-37(30)51-32)34(48-28-42-5)26-35(33)49-29-43-6/h15-18,23,25-26,36,38-41H,7-14,19-22,24,27-29H2,1-6H3/t36-,38+,39-,40+,41+/m1/s1. The van der Waals surface area contributed by atoms with Crippen LogP contribution in [0, 0.1) is 0 Å². The lowest BCUT2D eigenvalue weighted by Gasteiger charge is -2.46. The van der Waals surface area contributed by atoms with Crippen molar-refractivity contribution in [2.24, 2.45) is 0 Å². The predicted octanol–water partition coefficient (Wildman–Crippen LogP) is 9.27. The summed E-state index contributed by atoms with van der Waals surface area (Å²) in [7, 11) is 3.24. The zero-order valence-electron chi connectivity index (χ0n) is 31.8. The summed E-state index contributed by atoms with van der Waals surface area (Å²) in [5.74, 6) is 1.28. The molecule has 5 atom stereocenters. The van der Waals surface area contributed by atoms with E-state index in [1.54, 1.807) is 25.6 Å². The Morgan fingerprint density at radius 1 is 0.667 bits per heavy atom. The van der Waals surface area contributed by atoms with Crippen molar-refractivity contribution in [3.05, 3.63) is 58.5 Å². The summed E-state index contributed by atoms with van der Waals surface area (Å²) < 4.78 is 58.1. The Hall–Kier alpha value is -2.28. The van der Waals surface area contributed by atoms with Gasteiger partial charge in [0.1, 0.15) is 42.0 Å². The number of hydrogen-bond acceptors (Lipinski definition) is 10. The first kappa shape index (κ1) is 41.5. The number of thiophene rings is 1. The minimum absolute atomic E-state index is 0.0587. The molecular formula is C41H62O9S. The van der Waals surface area contributed by atoms with Crippen LogP contribution in [0.2, 0.25) is 0 Å². The summed E-state index contributed by atoms with van der Waals surface area (Å²) in [6.07, 6.45) is 6.46. The van der Waals surface area contributed by atoms with Crippen molar-refractivity contribution in [3.8, 4) is 11.5 Å². The third-order valence-corrected chi connectivity index (χ3v) is 10.1. The zero-order valence-corrected chi connectivity index (χ0v) is 32.6. The Morgan fingerprint density at radius 3 is 1.92 bits per heavy atom. The van der Waals surface area contributed by atoms with Crippen LogP contribution in [0.3, 0.4) is 0 Å². The molecule has 1 saturated heterocycles. The van der Waals surface area contributed by atoms with Crippen molar-refractivity contribution in [1.29, 1.82) is 0 Å². The molecule has 1 aliphatic rings. The highest BCUT2D eigenvalue weighted by atomic mass is 32.1. The third kappa shape index (κ3) is 12.4. The van der Waals surface area contributed by atoms with E-state index in [4.69, 9.17) is 42.6 Å². The quantitative estimate of drug-likeness (QED) is 0.0593. The topological polar surface area (TPSA) is 83.1 Å². The number of ether oxygens (including phenoxy) is 9. The molecule has 1 aliphatic heterocycles. The van der Waals surface area contributed by atoms with Gasteiger partial charge in [-0.05, 0) is 49.3 Å². The first-order valence-corrected chi connectivity index (χ1v) is 19.9. The molecule has 0 spiro atoms. The monoisotopic (exact) mass is 730 g/mol. The van der Waals surface area contributed by atoms with E-state index in [9.17, 15) is 0 Å². The molecule has 0 bridgehead atoms. The van der Waals surface area contributed by atoms with E-state index < -0.39 is 12.2 Å². The van der Waals surface area contributed by atoms with E-state index in [1.807, 2.05) is 6.07 Å². The van der Waals surface area contributed by atoms with E-state index in [1.165, 1.54) is 15.0 Å². The largest absolute Gasteiger partial charge is 0.467 e. The van der Waals surface area contributed by atoms with Crippen LogP contribution in [0.25, 0.3) is 10.1 Å². The highest BCUT2D eigenvalue weighted by Crippen LogP contribution is 2.44. The maximum atomic E-state index is 7.13. The van der Waals surface area contributed by atoms with Gasteiger partial charge < -0.3 is 42.6 Å². The van der Waals surface area contributed by atoms with Crippen molar-refractivity contribution in [2.75, 3.05) is 60.8 Å². The molecule has 286 valence electrons. The molecule has 51 heavy (non-hydrogen) atoms. The molecule has 0 N–H and O–H groups in total. The van der Waals surface area contributed by atoms with Gasteiger partial charge in [0.05, 0.1) is 6.61 Å². The fourth-order valence-corrected chi connectivity index (χ4v) is 7.30. The van der Waals surface area contributed by atoms with Crippen LogP contribution in [-0.4, -0.2) is 85.3 Å². The lowest BCUT2D eigenvalue weighted by atomic mass is 9.88. The molecule has 10 heteroatoms. The fraction of sp³-hybridized carbons (Fsp3) is 0.659. The highest BCUT2D eigenvalue weighted by molar-refractivity contribution is 7.19.